The summed E-state index contributed by atoms with van der Waals surface area (Å²) in [7, 11) is 0. The molecular weight excluding hydrogens is 583 g/mol. The molecule has 0 N–H and O–H groups in total. The van der Waals surface area contributed by atoms with Gasteiger partial charge in [0.05, 0.1) is 5.69 Å². The van der Waals surface area contributed by atoms with Crippen molar-refractivity contribution in [1.82, 2.24) is 0 Å². The van der Waals surface area contributed by atoms with Gasteiger partial charge in [0.25, 0.3) is 0 Å². The molecule has 0 aliphatic carbocycles. The minimum atomic E-state index is 0.897. The SMILES string of the molecule is c1ccc(-c2ccc(N(c3cccc(-c4ccc5ccccc5c4)c3)c3ccccc3-c3cccc4c3oc3ccccc34)cc2)cc1. The summed E-state index contributed by atoms with van der Waals surface area (Å²) in [5.41, 5.74) is 11.9. The van der Waals surface area contributed by atoms with Crippen molar-refractivity contribution in [2.45, 2.75) is 0 Å². The molecule has 0 aliphatic rings. The fraction of sp³-hybridized carbons (Fsp3) is 0. The van der Waals surface area contributed by atoms with Crippen molar-refractivity contribution >= 4 is 49.8 Å². The first kappa shape index (κ1) is 27.9. The lowest BCUT2D eigenvalue weighted by atomic mass is 9.98. The third-order valence-corrected chi connectivity index (χ3v) is 9.26. The molecule has 0 amide bonds. The first-order valence-corrected chi connectivity index (χ1v) is 16.3. The number of fused-ring (bicyclic) bond motifs is 4. The molecule has 0 unspecified atom stereocenters. The van der Waals surface area contributed by atoms with E-state index in [0.29, 0.717) is 0 Å². The summed E-state index contributed by atoms with van der Waals surface area (Å²) >= 11 is 0. The quantitative estimate of drug-likeness (QED) is 0.185. The molecule has 0 aliphatic heterocycles. The van der Waals surface area contributed by atoms with Crippen LogP contribution in [0.2, 0.25) is 0 Å². The Labute approximate surface area is 279 Å². The topological polar surface area (TPSA) is 16.4 Å². The summed E-state index contributed by atoms with van der Waals surface area (Å²) in [6, 6.07) is 66.9. The zero-order chi connectivity index (χ0) is 31.9. The number of anilines is 3. The van der Waals surface area contributed by atoms with Crippen LogP contribution >= 0.6 is 0 Å². The second-order valence-electron chi connectivity index (χ2n) is 12.2. The maximum atomic E-state index is 6.54. The maximum absolute atomic E-state index is 6.54. The number of furan rings is 1. The van der Waals surface area contributed by atoms with Crippen molar-refractivity contribution in [3.05, 3.63) is 188 Å². The van der Waals surface area contributed by atoms with Gasteiger partial charge in [-0.2, -0.15) is 0 Å². The fourth-order valence-electron chi connectivity index (χ4n) is 6.91. The van der Waals surface area contributed by atoms with Crippen LogP contribution < -0.4 is 4.90 Å². The van der Waals surface area contributed by atoms with Crippen LogP contribution in [-0.4, -0.2) is 0 Å². The van der Waals surface area contributed by atoms with Gasteiger partial charge in [-0.1, -0.05) is 146 Å². The average molecular weight is 614 g/mol. The second kappa shape index (κ2) is 11.8. The molecule has 8 aromatic carbocycles. The Balaban J connectivity index is 1.23. The van der Waals surface area contributed by atoms with Crippen LogP contribution in [0.1, 0.15) is 0 Å². The smallest absolute Gasteiger partial charge is 0.143 e. The lowest BCUT2D eigenvalue weighted by molar-refractivity contribution is 0.670. The molecule has 0 spiro atoms. The van der Waals surface area contributed by atoms with Gasteiger partial charge in [-0.05, 0) is 75.5 Å². The molecule has 226 valence electrons. The standard InChI is InChI=1S/C46H31NO/c1-2-12-32(13-3-1)34-26-28-38(29-27-34)47(39-17-10-16-36(31-39)37-25-24-33-14-4-5-15-35(33)30-37)44-22-8-6-18-40(44)42-20-11-21-43-41-19-7-9-23-45(41)48-46(42)43/h1-31H. The van der Waals surface area contributed by atoms with Crippen molar-refractivity contribution < 1.29 is 4.42 Å². The van der Waals surface area contributed by atoms with Crippen molar-refractivity contribution in [3.8, 4) is 33.4 Å². The normalized spacial score (nSPS) is 11.3. The molecule has 0 saturated carbocycles. The number of hydrogen-bond acceptors (Lipinski definition) is 2. The zero-order valence-corrected chi connectivity index (χ0v) is 26.3. The minimum Gasteiger partial charge on any atom is -0.455 e. The van der Waals surface area contributed by atoms with Gasteiger partial charge in [0.2, 0.25) is 0 Å². The van der Waals surface area contributed by atoms with Gasteiger partial charge in [0.15, 0.2) is 0 Å². The summed E-state index contributed by atoms with van der Waals surface area (Å²) in [6.45, 7) is 0. The van der Waals surface area contributed by atoms with Crippen LogP contribution in [0.15, 0.2) is 192 Å². The Morgan fingerprint density at radius 1 is 0.354 bits per heavy atom. The number of para-hydroxylation sites is 3. The highest BCUT2D eigenvalue weighted by molar-refractivity contribution is 6.10. The van der Waals surface area contributed by atoms with Crippen molar-refractivity contribution in [3.63, 3.8) is 0 Å². The van der Waals surface area contributed by atoms with Crippen molar-refractivity contribution in [2.24, 2.45) is 0 Å². The van der Waals surface area contributed by atoms with E-state index < -0.39 is 0 Å². The molecule has 1 aromatic heterocycles. The number of rotatable bonds is 6. The Bertz CT molecular complexity index is 2560. The molecule has 0 bridgehead atoms. The van der Waals surface area contributed by atoms with E-state index in [1.807, 2.05) is 12.1 Å². The first-order valence-electron chi connectivity index (χ1n) is 16.3. The molecule has 2 nitrogen and oxygen atoms in total. The average Bonchev–Trinajstić information content (AvgIpc) is 3.55. The number of hydrogen-bond donors (Lipinski definition) is 0. The van der Waals surface area contributed by atoms with Gasteiger partial charge in [-0.3, -0.25) is 0 Å². The largest absolute Gasteiger partial charge is 0.455 e. The minimum absolute atomic E-state index is 0.897. The molecule has 2 heteroatoms. The van der Waals surface area contributed by atoms with E-state index in [1.165, 1.54) is 33.0 Å². The Morgan fingerprint density at radius 2 is 0.979 bits per heavy atom. The van der Waals surface area contributed by atoms with Crippen LogP contribution in [-0.2, 0) is 0 Å². The molecule has 0 saturated heterocycles. The molecule has 9 aromatic rings. The molecule has 9 rings (SSSR count). The number of benzene rings is 8. The van der Waals surface area contributed by atoms with Gasteiger partial charge in [0.1, 0.15) is 11.2 Å². The summed E-state index contributed by atoms with van der Waals surface area (Å²) < 4.78 is 6.54. The van der Waals surface area contributed by atoms with Gasteiger partial charge in [-0.15, -0.1) is 0 Å². The van der Waals surface area contributed by atoms with E-state index in [0.717, 1.165) is 50.1 Å². The second-order valence-corrected chi connectivity index (χ2v) is 12.2. The zero-order valence-electron chi connectivity index (χ0n) is 26.3. The third kappa shape index (κ3) is 4.92. The highest BCUT2D eigenvalue weighted by Gasteiger charge is 2.20. The summed E-state index contributed by atoms with van der Waals surface area (Å²) in [4.78, 5) is 2.37. The summed E-state index contributed by atoms with van der Waals surface area (Å²) in [5.74, 6) is 0. The predicted octanol–water partition coefficient (Wildman–Crippen LogP) is 13.2. The van der Waals surface area contributed by atoms with Gasteiger partial charge in [0, 0.05) is 33.3 Å². The van der Waals surface area contributed by atoms with Gasteiger partial charge in [-0.25, -0.2) is 0 Å². The Hall–Kier alpha value is -6.38. The lowest BCUT2D eigenvalue weighted by Crippen LogP contribution is -2.11. The maximum Gasteiger partial charge on any atom is 0.143 e. The highest BCUT2D eigenvalue weighted by Crippen LogP contribution is 2.45. The molecule has 1 heterocycles. The van der Waals surface area contributed by atoms with Gasteiger partial charge < -0.3 is 9.32 Å². The molecule has 0 atom stereocenters. The molecule has 0 fully saturated rings. The Kier molecular flexibility index (Phi) is 6.84. The highest BCUT2D eigenvalue weighted by atomic mass is 16.3. The monoisotopic (exact) mass is 613 g/mol. The van der Waals surface area contributed by atoms with E-state index in [9.17, 15) is 0 Å². The summed E-state index contributed by atoms with van der Waals surface area (Å²) in [6.07, 6.45) is 0. The van der Waals surface area contributed by atoms with E-state index in [1.54, 1.807) is 0 Å². The van der Waals surface area contributed by atoms with Crippen LogP contribution in [0.5, 0.6) is 0 Å². The van der Waals surface area contributed by atoms with E-state index >= 15 is 0 Å². The van der Waals surface area contributed by atoms with Crippen molar-refractivity contribution in [1.29, 1.82) is 0 Å². The van der Waals surface area contributed by atoms with Crippen LogP contribution in [0.3, 0.4) is 0 Å². The fourth-order valence-corrected chi connectivity index (χ4v) is 6.91. The molecule has 48 heavy (non-hydrogen) atoms. The molecular formula is C46H31NO. The molecule has 0 radical (unpaired) electrons. The Morgan fingerprint density at radius 3 is 1.88 bits per heavy atom. The summed E-state index contributed by atoms with van der Waals surface area (Å²) in [5, 5.41) is 4.72. The predicted molar refractivity (Wildman–Crippen MR) is 202 cm³/mol. The van der Waals surface area contributed by atoms with E-state index in [4.69, 9.17) is 4.42 Å². The third-order valence-electron chi connectivity index (χ3n) is 9.26. The van der Waals surface area contributed by atoms with Crippen molar-refractivity contribution in [2.75, 3.05) is 4.90 Å². The lowest BCUT2D eigenvalue weighted by Gasteiger charge is -2.28. The number of nitrogens with zero attached hydrogens (tertiary/aromatic N) is 1. The first-order chi connectivity index (χ1) is 23.8. The van der Waals surface area contributed by atoms with Crippen LogP contribution in [0.4, 0.5) is 17.1 Å². The van der Waals surface area contributed by atoms with Gasteiger partial charge >= 0.3 is 0 Å². The van der Waals surface area contributed by atoms with E-state index in [2.05, 4.69) is 181 Å². The van der Waals surface area contributed by atoms with Crippen LogP contribution in [0, 0.1) is 0 Å². The van der Waals surface area contributed by atoms with E-state index in [-0.39, 0.29) is 0 Å². The van der Waals surface area contributed by atoms with Crippen LogP contribution in [0.25, 0.3) is 66.1 Å².